The Kier molecular flexibility index (Phi) is 3.27. The highest BCUT2D eigenvalue weighted by Crippen LogP contribution is 2.28. The Morgan fingerprint density at radius 1 is 0.933 bits per heavy atom. The lowest BCUT2D eigenvalue weighted by Gasteiger charge is -2.40. The summed E-state index contributed by atoms with van der Waals surface area (Å²) in [4.78, 5) is 15.8. The minimum absolute atomic E-state index is 0.0611. The van der Waals surface area contributed by atoms with E-state index in [0.29, 0.717) is 0 Å². The van der Waals surface area contributed by atoms with Gasteiger partial charge in [0.25, 0.3) is 0 Å². The van der Waals surface area contributed by atoms with Crippen molar-refractivity contribution >= 4 is 6.29 Å². The molecule has 0 spiro atoms. The molecule has 0 radical (unpaired) electrons. The minimum atomic E-state index is -0.0648. The Balaban J connectivity index is 2.88. The molecule has 1 aliphatic rings. The minimum Gasteiger partial charge on any atom is -0.300 e. The molecule has 0 aromatic heterocycles. The maximum absolute atomic E-state index is 11.2. The van der Waals surface area contributed by atoms with Crippen molar-refractivity contribution in [1.82, 2.24) is 9.80 Å². The van der Waals surface area contributed by atoms with Gasteiger partial charge < -0.3 is 4.79 Å². The molecule has 0 aliphatic carbocycles. The summed E-state index contributed by atoms with van der Waals surface area (Å²) in [5, 5.41) is 0. The molecule has 0 bridgehead atoms. The van der Waals surface area contributed by atoms with Crippen LogP contribution in [0.2, 0.25) is 0 Å². The van der Waals surface area contributed by atoms with Gasteiger partial charge in [-0.25, -0.2) is 0 Å². The number of hydrogen-bond donors (Lipinski definition) is 0. The normalized spacial score (nSPS) is 22.3. The SMILES string of the molecule is CC(C)(C)N1CCN(C(C)(C)C)C1C=O. The van der Waals surface area contributed by atoms with Crippen molar-refractivity contribution in [2.24, 2.45) is 0 Å². The molecule has 1 fully saturated rings. The average Bonchev–Trinajstić information content (AvgIpc) is 2.43. The van der Waals surface area contributed by atoms with Gasteiger partial charge in [0.15, 0.2) is 6.29 Å². The first-order valence-corrected chi connectivity index (χ1v) is 5.67. The van der Waals surface area contributed by atoms with Crippen LogP contribution >= 0.6 is 0 Å². The van der Waals surface area contributed by atoms with Gasteiger partial charge in [-0.2, -0.15) is 0 Å². The maximum Gasteiger partial charge on any atom is 0.151 e. The molecule has 88 valence electrons. The lowest BCUT2D eigenvalue weighted by Crippen LogP contribution is -2.53. The second-order valence-corrected chi connectivity index (χ2v) is 6.28. The largest absolute Gasteiger partial charge is 0.300 e. The number of rotatable bonds is 1. The van der Waals surface area contributed by atoms with E-state index in [0.717, 1.165) is 19.4 Å². The molecule has 1 rings (SSSR count). The van der Waals surface area contributed by atoms with E-state index in [9.17, 15) is 4.79 Å². The van der Waals surface area contributed by atoms with E-state index in [4.69, 9.17) is 0 Å². The second kappa shape index (κ2) is 3.87. The Morgan fingerprint density at radius 2 is 1.27 bits per heavy atom. The van der Waals surface area contributed by atoms with Crippen molar-refractivity contribution < 1.29 is 4.79 Å². The van der Waals surface area contributed by atoms with Crippen molar-refractivity contribution in [3.63, 3.8) is 0 Å². The van der Waals surface area contributed by atoms with Gasteiger partial charge in [0.1, 0.15) is 6.17 Å². The fraction of sp³-hybridized carbons (Fsp3) is 0.917. The predicted molar refractivity (Wildman–Crippen MR) is 62.8 cm³/mol. The molecule has 0 amide bonds. The highest BCUT2D eigenvalue weighted by molar-refractivity contribution is 5.58. The molecule has 1 heterocycles. The number of aldehydes is 1. The van der Waals surface area contributed by atoms with Crippen LogP contribution in [0, 0.1) is 0 Å². The summed E-state index contributed by atoms with van der Waals surface area (Å²) in [6.07, 6.45) is 1.01. The molecule has 0 atom stereocenters. The van der Waals surface area contributed by atoms with Crippen molar-refractivity contribution in [2.75, 3.05) is 13.1 Å². The van der Waals surface area contributed by atoms with Gasteiger partial charge in [-0.3, -0.25) is 9.80 Å². The lowest BCUT2D eigenvalue weighted by atomic mass is 10.0. The maximum atomic E-state index is 11.2. The smallest absolute Gasteiger partial charge is 0.151 e. The Morgan fingerprint density at radius 3 is 1.47 bits per heavy atom. The molecular weight excluding hydrogens is 188 g/mol. The average molecular weight is 212 g/mol. The number of hydrogen-bond acceptors (Lipinski definition) is 3. The molecular formula is C12H24N2O. The van der Waals surface area contributed by atoms with Crippen molar-refractivity contribution in [1.29, 1.82) is 0 Å². The van der Waals surface area contributed by atoms with Gasteiger partial charge in [0.05, 0.1) is 0 Å². The van der Waals surface area contributed by atoms with Crippen LogP contribution in [-0.4, -0.2) is 46.4 Å². The van der Waals surface area contributed by atoms with Crippen molar-refractivity contribution in [3.8, 4) is 0 Å². The zero-order chi connectivity index (χ0) is 11.9. The zero-order valence-electron chi connectivity index (χ0n) is 10.9. The standard InChI is InChI=1S/C12H24N2O/c1-11(2,3)13-7-8-14(10(13)9-15)12(4,5)6/h9-10H,7-8H2,1-6H3. The monoisotopic (exact) mass is 212 g/mol. The first-order valence-electron chi connectivity index (χ1n) is 5.67. The van der Waals surface area contributed by atoms with E-state index in [1.807, 2.05) is 0 Å². The van der Waals surface area contributed by atoms with Crippen LogP contribution in [0.15, 0.2) is 0 Å². The van der Waals surface area contributed by atoms with Crippen LogP contribution < -0.4 is 0 Å². The summed E-state index contributed by atoms with van der Waals surface area (Å²) >= 11 is 0. The molecule has 0 N–H and O–H groups in total. The van der Waals surface area contributed by atoms with Crippen LogP contribution in [0.3, 0.4) is 0 Å². The van der Waals surface area contributed by atoms with Crippen molar-refractivity contribution in [2.45, 2.75) is 58.8 Å². The summed E-state index contributed by atoms with van der Waals surface area (Å²) < 4.78 is 0. The number of carbonyl (C=O) groups is 1. The highest BCUT2D eigenvalue weighted by atomic mass is 16.1. The van der Waals surface area contributed by atoms with Crippen LogP contribution in [0.25, 0.3) is 0 Å². The van der Waals surface area contributed by atoms with Gasteiger partial charge in [0, 0.05) is 24.2 Å². The summed E-state index contributed by atoms with van der Waals surface area (Å²) in [6.45, 7) is 14.9. The van der Waals surface area contributed by atoms with Crippen LogP contribution in [-0.2, 0) is 4.79 Å². The molecule has 0 aromatic rings. The quantitative estimate of drug-likeness (QED) is 0.618. The van der Waals surface area contributed by atoms with Gasteiger partial charge in [0.2, 0.25) is 0 Å². The highest BCUT2D eigenvalue weighted by Gasteiger charge is 2.42. The third-order valence-corrected chi connectivity index (χ3v) is 3.07. The first-order chi connectivity index (χ1) is 6.68. The second-order valence-electron chi connectivity index (χ2n) is 6.28. The molecule has 3 nitrogen and oxygen atoms in total. The van der Waals surface area contributed by atoms with E-state index in [1.54, 1.807) is 0 Å². The van der Waals surface area contributed by atoms with Crippen LogP contribution in [0.5, 0.6) is 0 Å². The molecule has 1 saturated heterocycles. The molecule has 1 aliphatic heterocycles. The number of carbonyl (C=O) groups excluding carboxylic acids is 1. The summed E-state index contributed by atoms with van der Waals surface area (Å²) in [5.74, 6) is 0. The molecule has 3 heteroatoms. The van der Waals surface area contributed by atoms with Gasteiger partial charge in [-0.15, -0.1) is 0 Å². The summed E-state index contributed by atoms with van der Waals surface area (Å²) in [6, 6.07) is 0. The Labute approximate surface area is 93.4 Å². The van der Waals surface area contributed by atoms with E-state index in [-0.39, 0.29) is 17.2 Å². The van der Waals surface area contributed by atoms with Crippen LogP contribution in [0.1, 0.15) is 41.5 Å². The van der Waals surface area contributed by atoms with E-state index in [1.165, 1.54) is 0 Å². The Bertz CT molecular complexity index is 215. The number of nitrogens with zero attached hydrogens (tertiary/aromatic N) is 2. The molecule has 0 unspecified atom stereocenters. The molecule has 15 heavy (non-hydrogen) atoms. The third kappa shape index (κ3) is 2.58. The molecule has 0 aromatic carbocycles. The van der Waals surface area contributed by atoms with Crippen LogP contribution in [0.4, 0.5) is 0 Å². The topological polar surface area (TPSA) is 23.6 Å². The van der Waals surface area contributed by atoms with Gasteiger partial charge in [-0.1, -0.05) is 0 Å². The van der Waals surface area contributed by atoms with E-state index in [2.05, 4.69) is 51.3 Å². The Hall–Kier alpha value is -0.410. The van der Waals surface area contributed by atoms with E-state index < -0.39 is 0 Å². The van der Waals surface area contributed by atoms with Gasteiger partial charge in [-0.05, 0) is 41.5 Å². The third-order valence-electron chi connectivity index (χ3n) is 3.07. The lowest BCUT2D eigenvalue weighted by molar-refractivity contribution is -0.120. The first kappa shape index (κ1) is 12.7. The van der Waals surface area contributed by atoms with Gasteiger partial charge >= 0.3 is 0 Å². The fourth-order valence-corrected chi connectivity index (χ4v) is 2.26. The predicted octanol–water partition coefficient (Wildman–Crippen LogP) is 1.73. The summed E-state index contributed by atoms with van der Waals surface area (Å²) in [5.41, 5.74) is 0.122. The molecule has 0 saturated carbocycles. The summed E-state index contributed by atoms with van der Waals surface area (Å²) in [7, 11) is 0. The van der Waals surface area contributed by atoms with E-state index >= 15 is 0 Å². The van der Waals surface area contributed by atoms with Crippen molar-refractivity contribution in [3.05, 3.63) is 0 Å². The fourth-order valence-electron chi connectivity index (χ4n) is 2.26. The zero-order valence-corrected chi connectivity index (χ0v) is 10.9.